The average molecular weight is 244 g/mol. The van der Waals surface area contributed by atoms with Crippen molar-refractivity contribution in [3.63, 3.8) is 0 Å². The molecule has 104 valence electrons. The topological polar surface area (TPSA) is 29.5 Å². The van der Waals surface area contributed by atoms with Gasteiger partial charge in [-0.05, 0) is 43.9 Å². The summed E-state index contributed by atoms with van der Waals surface area (Å²) in [5.74, 6) is 0. The molecule has 0 aliphatic heterocycles. The van der Waals surface area contributed by atoms with E-state index in [-0.39, 0.29) is 11.0 Å². The van der Waals surface area contributed by atoms with Crippen LogP contribution in [0.3, 0.4) is 0 Å². The maximum absolute atomic E-state index is 9.60. The third-order valence-corrected chi connectivity index (χ3v) is 2.72. The Morgan fingerprint density at radius 3 is 1.76 bits per heavy atom. The van der Waals surface area contributed by atoms with Crippen molar-refractivity contribution in [2.45, 2.75) is 86.5 Å². The summed E-state index contributed by atoms with van der Waals surface area (Å²) in [5.41, 5.74) is 0.266. The minimum absolute atomic E-state index is 0.217. The van der Waals surface area contributed by atoms with E-state index in [2.05, 4.69) is 48.5 Å². The molecule has 0 aromatic carbocycles. The van der Waals surface area contributed by atoms with Crippen LogP contribution in [0.5, 0.6) is 0 Å². The SMILES string of the molecule is CCC(O)OC(C)(C)CC(C)(C)CC(C)(C)C. The molecular formula is C15H32O2. The molecule has 0 radical (unpaired) electrons. The molecule has 0 aliphatic rings. The molecule has 0 saturated heterocycles. The first kappa shape index (κ1) is 16.9. The first-order valence-corrected chi connectivity index (χ1v) is 6.73. The predicted octanol–water partition coefficient (Wildman–Crippen LogP) is 4.36. The maximum atomic E-state index is 9.60. The van der Waals surface area contributed by atoms with Crippen molar-refractivity contribution in [2.75, 3.05) is 0 Å². The second-order valence-corrected chi connectivity index (χ2v) is 7.82. The van der Waals surface area contributed by atoms with Crippen molar-refractivity contribution in [3.05, 3.63) is 0 Å². The molecule has 0 bridgehead atoms. The summed E-state index contributed by atoms with van der Waals surface area (Å²) in [6, 6.07) is 0. The molecule has 1 atom stereocenters. The van der Waals surface area contributed by atoms with Gasteiger partial charge in [-0.3, -0.25) is 0 Å². The minimum Gasteiger partial charge on any atom is -0.368 e. The number of rotatable bonds is 6. The van der Waals surface area contributed by atoms with E-state index >= 15 is 0 Å². The summed E-state index contributed by atoms with van der Waals surface area (Å²) in [5, 5.41) is 9.60. The van der Waals surface area contributed by atoms with E-state index in [0.29, 0.717) is 11.8 Å². The van der Waals surface area contributed by atoms with Crippen LogP contribution in [0.2, 0.25) is 0 Å². The van der Waals surface area contributed by atoms with Gasteiger partial charge in [0, 0.05) is 0 Å². The van der Waals surface area contributed by atoms with Crippen LogP contribution in [0, 0.1) is 10.8 Å². The molecule has 0 rings (SSSR count). The van der Waals surface area contributed by atoms with Crippen molar-refractivity contribution in [1.29, 1.82) is 0 Å². The van der Waals surface area contributed by atoms with Gasteiger partial charge >= 0.3 is 0 Å². The van der Waals surface area contributed by atoms with E-state index in [1.165, 1.54) is 0 Å². The zero-order valence-corrected chi connectivity index (χ0v) is 13.1. The van der Waals surface area contributed by atoms with Crippen molar-refractivity contribution < 1.29 is 9.84 Å². The van der Waals surface area contributed by atoms with E-state index in [0.717, 1.165) is 12.8 Å². The fourth-order valence-electron chi connectivity index (χ4n) is 3.14. The van der Waals surface area contributed by atoms with Crippen molar-refractivity contribution >= 4 is 0 Å². The van der Waals surface area contributed by atoms with Crippen LogP contribution in [0.25, 0.3) is 0 Å². The van der Waals surface area contributed by atoms with Gasteiger partial charge in [-0.2, -0.15) is 0 Å². The third-order valence-electron chi connectivity index (χ3n) is 2.72. The second kappa shape index (κ2) is 5.71. The Kier molecular flexibility index (Phi) is 5.68. The van der Waals surface area contributed by atoms with Crippen LogP contribution in [-0.4, -0.2) is 17.0 Å². The van der Waals surface area contributed by atoms with E-state index in [4.69, 9.17) is 4.74 Å². The fraction of sp³-hybridized carbons (Fsp3) is 1.00. The van der Waals surface area contributed by atoms with Crippen LogP contribution >= 0.6 is 0 Å². The molecule has 0 saturated carbocycles. The van der Waals surface area contributed by atoms with E-state index in [9.17, 15) is 5.11 Å². The normalized spacial score (nSPS) is 16.1. The van der Waals surface area contributed by atoms with Crippen LogP contribution in [0.1, 0.15) is 74.7 Å². The van der Waals surface area contributed by atoms with Gasteiger partial charge in [0.05, 0.1) is 5.60 Å². The lowest BCUT2D eigenvalue weighted by Gasteiger charge is -2.39. The van der Waals surface area contributed by atoms with Crippen molar-refractivity contribution in [3.8, 4) is 0 Å². The number of hydrogen-bond acceptors (Lipinski definition) is 2. The van der Waals surface area contributed by atoms with Gasteiger partial charge in [-0.25, -0.2) is 0 Å². The molecule has 0 spiro atoms. The molecule has 2 nitrogen and oxygen atoms in total. The van der Waals surface area contributed by atoms with Gasteiger partial charge in [-0.1, -0.05) is 41.5 Å². The Morgan fingerprint density at radius 2 is 1.41 bits per heavy atom. The molecule has 0 aromatic heterocycles. The maximum Gasteiger partial charge on any atom is 0.154 e. The highest BCUT2D eigenvalue weighted by Crippen LogP contribution is 2.40. The van der Waals surface area contributed by atoms with E-state index in [1.54, 1.807) is 0 Å². The summed E-state index contributed by atoms with van der Waals surface area (Å²) < 4.78 is 5.69. The largest absolute Gasteiger partial charge is 0.368 e. The van der Waals surface area contributed by atoms with E-state index < -0.39 is 6.29 Å². The van der Waals surface area contributed by atoms with Gasteiger partial charge in [-0.15, -0.1) is 0 Å². The Hall–Kier alpha value is -0.0800. The molecule has 0 aliphatic carbocycles. The molecule has 1 unspecified atom stereocenters. The number of ether oxygens (including phenoxy) is 1. The average Bonchev–Trinajstić information content (AvgIpc) is 1.94. The Balaban J connectivity index is 4.47. The van der Waals surface area contributed by atoms with E-state index in [1.807, 2.05) is 6.92 Å². The molecule has 0 amide bonds. The van der Waals surface area contributed by atoms with Crippen molar-refractivity contribution in [1.82, 2.24) is 0 Å². The smallest absolute Gasteiger partial charge is 0.154 e. The Morgan fingerprint density at radius 1 is 0.941 bits per heavy atom. The first-order valence-electron chi connectivity index (χ1n) is 6.73. The lowest BCUT2D eigenvalue weighted by Crippen LogP contribution is -2.36. The minimum atomic E-state index is -0.643. The second-order valence-electron chi connectivity index (χ2n) is 7.82. The molecule has 17 heavy (non-hydrogen) atoms. The Bertz CT molecular complexity index is 224. The molecule has 1 N–H and O–H groups in total. The number of hydrogen-bond donors (Lipinski definition) is 1. The Labute approximate surface area is 108 Å². The zero-order chi connectivity index (χ0) is 13.9. The standard InChI is InChI=1S/C15H32O2/c1-9-12(16)17-15(7,8)11-14(5,6)10-13(2,3)4/h12,16H,9-11H2,1-8H3. The monoisotopic (exact) mass is 244 g/mol. The number of aliphatic hydroxyl groups is 1. The molecule has 0 aromatic rings. The molecule has 0 fully saturated rings. The van der Waals surface area contributed by atoms with Gasteiger partial charge in [0.25, 0.3) is 0 Å². The highest BCUT2D eigenvalue weighted by Gasteiger charge is 2.33. The molecule has 0 heterocycles. The number of aliphatic hydroxyl groups excluding tert-OH is 1. The highest BCUT2D eigenvalue weighted by atomic mass is 16.6. The summed E-state index contributed by atoms with van der Waals surface area (Å²) in [7, 11) is 0. The summed E-state index contributed by atoms with van der Waals surface area (Å²) in [6.45, 7) is 17.4. The van der Waals surface area contributed by atoms with Crippen LogP contribution in [0.15, 0.2) is 0 Å². The summed E-state index contributed by atoms with van der Waals surface area (Å²) in [6.07, 6.45) is 2.10. The van der Waals surface area contributed by atoms with Crippen LogP contribution < -0.4 is 0 Å². The molecule has 2 heteroatoms. The van der Waals surface area contributed by atoms with Gasteiger partial charge < -0.3 is 9.84 Å². The lowest BCUT2D eigenvalue weighted by atomic mass is 9.71. The van der Waals surface area contributed by atoms with Gasteiger partial charge in [0.1, 0.15) is 0 Å². The quantitative estimate of drug-likeness (QED) is 0.703. The third kappa shape index (κ3) is 8.62. The summed E-state index contributed by atoms with van der Waals surface area (Å²) >= 11 is 0. The lowest BCUT2D eigenvalue weighted by molar-refractivity contribution is -0.184. The fourth-order valence-corrected chi connectivity index (χ4v) is 3.14. The van der Waals surface area contributed by atoms with Crippen LogP contribution in [-0.2, 0) is 4.74 Å². The van der Waals surface area contributed by atoms with Crippen LogP contribution in [0.4, 0.5) is 0 Å². The first-order chi connectivity index (χ1) is 7.37. The van der Waals surface area contributed by atoms with Crippen molar-refractivity contribution in [2.24, 2.45) is 10.8 Å². The van der Waals surface area contributed by atoms with Gasteiger partial charge in [0.15, 0.2) is 6.29 Å². The predicted molar refractivity (Wildman–Crippen MR) is 73.9 cm³/mol. The highest BCUT2D eigenvalue weighted by molar-refractivity contribution is 4.83. The molecular weight excluding hydrogens is 212 g/mol. The zero-order valence-electron chi connectivity index (χ0n) is 13.1. The summed E-state index contributed by atoms with van der Waals surface area (Å²) in [4.78, 5) is 0. The van der Waals surface area contributed by atoms with Gasteiger partial charge in [0.2, 0.25) is 0 Å².